The quantitative estimate of drug-likeness (QED) is 0.101. The maximum Gasteiger partial charge on any atom is 0.490 e. The number of benzene rings is 3. The molecule has 5 N–H and O–H groups in total. The number of halogens is 3. The molecule has 5 aromatic rings. The Morgan fingerprint density at radius 1 is 1.00 bits per heavy atom. The summed E-state index contributed by atoms with van der Waals surface area (Å²) in [5.41, 5.74) is 2.31. The van der Waals surface area contributed by atoms with Gasteiger partial charge < -0.3 is 20.1 Å². The van der Waals surface area contributed by atoms with Gasteiger partial charge in [0.15, 0.2) is 5.13 Å². The van der Waals surface area contributed by atoms with E-state index in [1.807, 2.05) is 35.8 Å². The minimum absolute atomic E-state index is 0.174. The van der Waals surface area contributed by atoms with Gasteiger partial charge in [0.05, 0.1) is 11.0 Å². The first-order chi connectivity index (χ1) is 23.0. The number of rotatable bonds is 12. The molecule has 0 spiro atoms. The lowest BCUT2D eigenvalue weighted by atomic mass is 9.99. The van der Waals surface area contributed by atoms with Crippen molar-refractivity contribution in [2.45, 2.75) is 49.5 Å². The Morgan fingerprint density at radius 2 is 1.71 bits per heavy atom. The van der Waals surface area contributed by atoms with E-state index < -0.39 is 28.3 Å². The number of carbonyl (C=O) groups excluding carboxylic acids is 1. The van der Waals surface area contributed by atoms with Crippen LogP contribution in [0.3, 0.4) is 0 Å². The third-order valence-corrected chi connectivity index (χ3v) is 9.34. The molecule has 2 heterocycles. The number of aromatic nitrogens is 2. The molecule has 3 aromatic carbocycles. The topological polar surface area (TPSA) is 163 Å². The maximum absolute atomic E-state index is 12.7. The van der Waals surface area contributed by atoms with Gasteiger partial charge in [-0.05, 0) is 74.4 Å². The molecule has 0 fully saturated rings. The van der Waals surface area contributed by atoms with Crippen molar-refractivity contribution in [3.8, 4) is 0 Å². The van der Waals surface area contributed by atoms with E-state index in [0.29, 0.717) is 28.5 Å². The molecule has 260 valence electrons. The van der Waals surface area contributed by atoms with Crippen LogP contribution < -0.4 is 15.4 Å². The summed E-state index contributed by atoms with van der Waals surface area (Å²) in [6, 6.07) is 22.6. The molecule has 2 aromatic heterocycles. The van der Waals surface area contributed by atoms with Crippen LogP contribution in [0.4, 0.5) is 24.0 Å². The van der Waals surface area contributed by atoms with Gasteiger partial charge in [-0.15, -0.1) is 11.3 Å². The third-order valence-electron chi connectivity index (χ3n) is 7.26. The molecule has 11 nitrogen and oxygen atoms in total. The fourth-order valence-electron chi connectivity index (χ4n) is 4.59. The molecular formula is C33H34F3N5O6S2. The predicted octanol–water partition coefficient (Wildman–Crippen LogP) is 6.28. The monoisotopic (exact) mass is 717 g/mol. The summed E-state index contributed by atoms with van der Waals surface area (Å²) in [4.78, 5) is 25.7. The minimum Gasteiger partial charge on any atom is -0.475 e. The highest BCUT2D eigenvalue weighted by Gasteiger charge is 2.38. The number of carboxylic acids is 1. The summed E-state index contributed by atoms with van der Waals surface area (Å²) < 4.78 is 61.9. The van der Waals surface area contributed by atoms with Crippen molar-refractivity contribution in [2.24, 2.45) is 0 Å². The van der Waals surface area contributed by atoms with Crippen LogP contribution in [-0.4, -0.2) is 58.3 Å². The molecule has 0 aliphatic rings. The van der Waals surface area contributed by atoms with Gasteiger partial charge in [-0.2, -0.15) is 13.2 Å². The van der Waals surface area contributed by atoms with Crippen LogP contribution in [0.25, 0.3) is 10.9 Å². The van der Waals surface area contributed by atoms with Gasteiger partial charge >= 0.3 is 12.1 Å². The predicted molar refractivity (Wildman–Crippen MR) is 181 cm³/mol. The van der Waals surface area contributed by atoms with Gasteiger partial charge in [0, 0.05) is 58.6 Å². The molecule has 0 aliphatic carbocycles. The number of aliphatic carboxylic acids is 1. The fraction of sp³-hybridized carbons (Fsp3) is 0.242. The number of thiazole rings is 1. The minimum atomic E-state index is -5.08. The van der Waals surface area contributed by atoms with Gasteiger partial charge in [-0.1, -0.05) is 30.3 Å². The summed E-state index contributed by atoms with van der Waals surface area (Å²) in [6.07, 6.45) is -1.46. The molecule has 49 heavy (non-hydrogen) atoms. The Kier molecular flexibility index (Phi) is 11.8. The third kappa shape index (κ3) is 10.6. The molecule has 0 bridgehead atoms. The van der Waals surface area contributed by atoms with Gasteiger partial charge in [0.25, 0.3) is 15.9 Å². The van der Waals surface area contributed by atoms with Crippen LogP contribution in [0, 0.1) is 0 Å². The van der Waals surface area contributed by atoms with E-state index >= 15 is 0 Å². The number of amides is 1. The first-order valence-electron chi connectivity index (χ1n) is 14.7. The zero-order chi connectivity index (χ0) is 35.8. The SMILES string of the molecule is CC(C)(CCn1ccc2cc(C(=O)Nc3nccs3)ccc21)NC[C@H](O)c1cccc(NS(=O)(=O)c2ccccc2)c1.O=C(O)C(F)(F)F. The van der Waals surface area contributed by atoms with Crippen molar-refractivity contribution in [2.75, 3.05) is 16.6 Å². The molecule has 16 heteroatoms. The van der Waals surface area contributed by atoms with Crippen molar-refractivity contribution < 1.29 is 41.4 Å². The number of nitrogens with one attached hydrogen (secondary N) is 3. The summed E-state index contributed by atoms with van der Waals surface area (Å²) >= 11 is 1.37. The second-order valence-electron chi connectivity index (χ2n) is 11.5. The van der Waals surface area contributed by atoms with Crippen LogP contribution in [0.1, 0.15) is 42.3 Å². The number of hydrogen-bond acceptors (Lipinski definition) is 8. The molecule has 0 aliphatic heterocycles. The smallest absolute Gasteiger partial charge is 0.475 e. The lowest BCUT2D eigenvalue weighted by Gasteiger charge is -2.28. The number of carboxylic acid groups (broad SMARTS) is 1. The van der Waals surface area contributed by atoms with Crippen molar-refractivity contribution in [3.63, 3.8) is 0 Å². The average molecular weight is 718 g/mol. The van der Waals surface area contributed by atoms with E-state index in [2.05, 4.69) is 38.8 Å². The van der Waals surface area contributed by atoms with Crippen molar-refractivity contribution in [1.29, 1.82) is 0 Å². The van der Waals surface area contributed by atoms with E-state index in [4.69, 9.17) is 9.90 Å². The normalized spacial score (nSPS) is 12.5. The Morgan fingerprint density at radius 3 is 2.37 bits per heavy atom. The van der Waals surface area contributed by atoms with Crippen LogP contribution in [0.5, 0.6) is 0 Å². The summed E-state index contributed by atoms with van der Waals surface area (Å²) in [6.45, 7) is 5.20. The van der Waals surface area contributed by atoms with E-state index in [1.54, 1.807) is 48.7 Å². The largest absolute Gasteiger partial charge is 0.490 e. The summed E-state index contributed by atoms with van der Waals surface area (Å²) in [5, 5.41) is 27.6. The molecule has 0 saturated carbocycles. The number of aliphatic hydroxyl groups excluding tert-OH is 1. The van der Waals surface area contributed by atoms with Crippen LogP contribution in [0.15, 0.2) is 102 Å². The second kappa shape index (κ2) is 15.6. The number of anilines is 2. The Bertz CT molecular complexity index is 1980. The Hall–Kier alpha value is -4.77. The molecule has 1 amide bonds. The lowest BCUT2D eigenvalue weighted by molar-refractivity contribution is -0.192. The highest BCUT2D eigenvalue weighted by molar-refractivity contribution is 7.92. The fourth-order valence-corrected chi connectivity index (χ4v) is 6.19. The number of sulfonamides is 1. The summed E-state index contributed by atoms with van der Waals surface area (Å²) in [5.74, 6) is -2.95. The first-order valence-corrected chi connectivity index (χ1v) is 17.1. The summed E-state index contributed by atoms with van der Waals surface area (Å²) in [7, 11) is -3.72. The van der Waals surface area contributed by atoms with Gasteiger partial charge in [-0.25, -0.2) is 18.2 Å². The van der Waals surface area contributed by atoms with Crippen molar-refractivity contribution >= 4 is 55.0 Å². The maximum atomic E-state index is 12.7. The molecule has 0 unspecified atom stereocenters. The number of aryl methyl sites for hydroxylation is 1. The lowest BCUT2D eigenvalue weighted by Crippen LogP contribution is -2.42. The van der Waals surface area contributed by atoms with E-state index in [-0.39, 0.29) is 16.3 Å². The van der Waals surface area contributed by atoms with Gasteiger partial charge in [-0.3, -0.25) is 14.8 Å². The zero-order valence-electron chi connectivity index (χ0n) is 26.3. The molecule has 0 saturated heterocycles. The van der Waals surface area contributed by atoms with Crippen LogP contribution >= 0.6 is 11.3 Å². The number of β-amino-alcohol motifs (C(OH)–C–C–N with tert-alkyl or cyclic N) is 1. The number of alkyl halides is 3. The number of hydrogen-bond donors (Lipinski definition) is 5. The van der Waals surface area contributed by atoms with E-state index in [0.717, 1.165) is 23.9 Å². The van der Waals surface area contributed by atoms with Crippen molar-refractivity contribution in [3.05, 3.63) is 108 Å². The van der Waals surface area contributed by atoms with E-state index in [9.17, 15) is 31.5 Å². The van der Waals surface area contributed by atoms with Crippen molar-refractivity contribution in [1.82, 2.24) is 14.9 Å². The van der Waals surface area contributed by atoms with E-state index in [1.165, 1.54) is 23.5 Å². The number of aliphatic hydroxyl groups is 1. The molecule has 5 rings (SSSR count). The Labute approximate surface area is 284 Å². The second-order valence-corrected chi connectivity index (χ2v) is 14.0. The standard InChI is InChI=1S/C31H33N5O4S2.C2HF3O2/c1-31(2,14-17-36-16-13-22-19-24(11-12-27(22)36)29(38)34-30-32-15-18-41-30)33-21-28(37)23-7-6-8-25(20-23)35-42(39,40)26-9-4-3-5-10-26;3-2(4,5)1(6)7/h3-13,15-16,18-20,28,33,35,37H,14,17,21H2,1-2H3,(H,32,34,38);(H,6,7)/t28-;/m0./s1. The highest BCUT2D eigenvalue weighted by atomic mass is 32.2. The first kappa shape index (κ1) is 37.1. The number of fused-ring (bicyclic) bond motifs is 1. The van der Waals surface area contributed by atoms with Crippen LogP contribution in [0.2, 0.25) is 0 Å². The van der Waals surface area contributed by atoms with Gasteiger partial charge in [0.1, 0.15) is 0 Å². The highest BCUT2D eigenvalue weighted by Crippen LogP contribution is 2.24. The molecular weight excluding hydrogens is 684 g/mol. The zero-order valence-corrected chi connectivity index (χ0v) is 27.9. The molecule has 0 radical (unpaired) electrons. The van der Waals surface area contributed by atoms with Gasteiger partial charge in [0.2, 0.25) is 0 Å². The average Bonchev–Trinajstić information content (AvgIpc) is 3.72. The number of nitrogens with zero attached hydrogens (tertiary/aromatic N) is 2. The molecule has 1 atom stereocenters. The van der Waals surface area contributed by atoms with Crippen LogP contribution in [-0.2, 0) is 21.4 Å². The Balaban J connectivity index is 0.000000698. The number of carbonyl (C=O) groups is 2.